The van der Waals surface area contributed by atoms with E-state index in [1.807, 2.05) is 12.1 Å². The molecule has 1 aromatic rings. The summed E-state index contributed by atoms with van der Waals surface area (Å²) in [6, 6.07) is 3.83. The molecular weight excluding hydrogens is 216 g/mol. The molecule has 1 aromatic heterocycles. The highest BCUT2D eigenvalue weighted by atomic mass is 16.2. The number of hydrogen-bond acceptors (Lipinski definition) is 4. The Hall–Kier alpha value is -1.62. The van der Waals surface area contributed by atoms with Crippen LogP contribution in [0.1, 0.15) is 18.5 Å². The Morgan fingerprint density at radius 1 is 1.65 bits per heavy atom. The first kappa shape index (κ1) is 11.9. The predicted octanol–water partition coefficient (Wildman–Crippen LogP) is 0.255. The van der Waals surface area contributed by atoms with Gasteiger partial charge in [0.15, 0.2) is 0 Å². The summed E-state index contributed by atoms with van der Waals surface area (Å²) >= 11 is 0. The van der Waals surface area contributed by atoms with Gasteiger partial charge in [0.2, 0.25) is 5.91 Å². The second kappa shape index (κ2) is 5.14. The second-order valence-electron chi connectivity index (χ2n) is 4.18. The Morgan fingerprint density at radius 3 is 3.06 bits per heavy atom. The van der Waals surface area contributed by atoms with Gasteiger partial charge in [-0.05, 0) is 25.0 Å². The van der Waals surface area contributed by atoms with Gasteiger partial charge in [-0.15, -0.1) is 0 Å². The molecule has 3 N–H and O–H groups in total. The number of carbonyl (C=O) groups excluding carboxylic acids is 1. The fraction of sp³-hybridized carbons (Fsp3) is 0.500. The molecule has 1 aliphatic rings. The van der Waals surface area contributed by atoms with Crippen LogP contribution in [0.25, 0.3) is 0 Å². The summed E-state index contributed by atoms with van der Waals surface area (Å²) < 4.78 is 0. The van der Waals surface area contributed by atoms with Gasteiger partial charge in [-0.2, -0.15) is 0 Å². The first-order valence-corrected chi connectivity index (χ1v) is 5.89. The zero-order valence-electron chi connectivity index (χ0n) is 10.0. The minimum absolute atomic E-state index is 0.0643. The predicted molar refractivity (Wildman–Crippen MR) is 66.6 cm³/mol. The van der Waals surface area contributed by atoms with E-state index in [2.05, 4.69) is 15.2 Å². The topological polar surface area (TPSA) is 71.2 Å². The number of carbonyl (C=O) groups is 1. The quantitative estimate of drug-likeness (QED) is 0.786. The van der Waals surface area contributed by atoms with E-state index >= 15 is 0 Å². The minimum Gasteiger partial charge on any atom is -0.358 e. The molecule has 17 heavy (non-hydrogen) atoms. The zero-order chi connectivity index (χ0) is 12.3. The Balaban J connectivity index is 2.17. The average molecular weight is 234 g/mol. The van der Waals surface area contributed by atoms with Crippen LogP contribution in [-0.4, -0.2) is 30.5 Å². The number of amides is 1. The molecule has 1 atom stereocenters. The third-order valence-corrected chi connectivity index (χ3v) is 3.15. The molecule has 0 spiro atoms. The molecule has 2 rings (SSSR count). The largest absolute Gasteiger partial charge is 0.358 e. The highest BCUT2D eigenvalue weighted by Crippen LogP contribution is 2.24. The van der Waals surface area contributed by atoms with Crippen molar-refractivity contribution in [3.63, 3.8) is 0 Å². The van der Waals surface area contributed by atoms with Crippen LogP contribution < -0.4 is 16.0 Å². The van der Waals surface area contributed by atoms with E-state index in [-0.39, 0.29) is 11.9 Å². The van der Waals surface area contributed by atoms with Crippen molar-refractivity contribution < 1.29 is 4.79 Å². The van der Waals surface area contributed by atoms with E-state index in [9.17, 15) is 4.79 Å². The highest BCUT2D eigenvalue weighted by molar-refractivity contribution is 5.85. The van der Waals surface area contributed by atoms with E-state index in [1.54, 1.807) is 13.2 Å². The molecule has 0 saturated carbocycles. The Bertz CT molecular complexity index is 390. The van der Waals surface area contributed by atoms with Crippen molar-refractivity contribution in [2.24, 2.45) is 5.73 Å². The maximum atomic E-state index is 11.7. The second-order valence-corrected chi connectivity index (χ2v) is 4.18. The van der Waals surface area contributed by atoms with Crippen molar-refractivity contribution in [3.8, 4) is 0 Å². The number of pyridine rings is 1. The molecule has 0 bridgehead atoms. The third-order valence-electron chi connectivity index (χ3n) is 3.15. The molecule has 0 radical (unpaired) electrons. The molecule has 1 unspecified atom stereocenters. The number of nitrogens with two attached hydrogens (primary N) is 1. The van der Waals surface area contributed by atoms with Crippen LogP contribution >= 0.6 is 0 Å². The van der Waals surface area contributed by atoms with Crippen molar-refractivity contribution >= 4 is 11.6 Å². The average Bonchev–Trinajstić information content (AvgIpc) is 2.87. The normalized spacial score (nSPS) is 19.4. The Kier molecular flexibility index (Phi) is 3.58. The summed E-state index contributed by atoms with van der Waals surface area (Å²) in [6.45, 7) is 1.35. The highest BCUT2D eigenvalue weighted by Gasteiger charge is 2.30. The van der Waals surface area contributed by atoms with E-state index in [1.165, 1.54) is 0 Å². The summed E-state index contributed by atoms with van der Waals surface area (Å²) in [4.78, 5) is 18.1. The molecule has 0 aromatic carbocycles. The smallest absolute Gasteiger partial charge is 0.242 e. The Labute approximate surface area is 101 Å². The number of nitrogens with one attached hydrogen (secondary N) is 1. The number of rotatable bonds is 3. The maximum absolute atomic E-state index is 11.7. The summed E-state index contributed by atoms with van der Waals surface area (Å²) in [5.41, 5.74) is 7.37. The Morgan fingerprint density at radius 2 is 2.47 bits per heavy atom. The number of nitrogens with zero attached hydrogens (tertiary/aromatic N) is 2. The van der Waals surface area contributed by atoms with Crippen molar-refractivity contribution in [1.29, 1.82) is 0 Å². The lowest BCUT2D eigenvalue weighted by Crippen LogP contribution is -2.42. The van der Waals surface area contributed by atoms with Gasteiger partial charge in [-0.25, -0.2) is 0 Å². The van der Waals surface area contributed by atoms with Crippen molar-refractivity contribution in [2.45, 2.75) is 25.4 Å². The molecule has 1 aliphatic heterocycles. The lowest BCUT2D eigenvalue weighted by molar-refractivity contribution is -0.121. The molecule has 1 fully saturated rings. The molecule has 5 nitrogen and oxygen atoms in total. The zero-order valence-corrected chi connectivity index (χ0v) is 10.0. The number of hydrogen-bond donors (Lipinski definition) is 2. The minimum atomic E-state index is -0.0643. The summed E-state index contributed by atoms with van der Waals surface area (Å²) in [5, 5.41) is 2.71. The van der Waals surface area contributed by atoms with Gasteiger partial charge in [0.25, 0.3) is 0 Å². The van der Waals surface area contributed by atoms with Crippen LogP contribution in [0.2, 0.25) is 0 Å². The fourth-order valence-corrected chi connectivity index (χ4v) is 2.22. The monoisotopic (exact) mass is 234 g/mol. The van der Waals surface area contributed by atoms with Crippen LogP contribution in [0.4, 0.5) is 5.69 Å². The first-order chi connectivity index (χ1) is 8.26. The summed E-state index contributed by atoms with van der Waals surface area (Å²) in [6.07, 6.45) is 3.73. The number of anilines is 1. The summed E-state index contributed by atoms with van der Waals surface area (Å²) in [5.74, 6) is 0.0744. The first-order valence-electron chi connectivity index (χ1n) is 5.89. The SMILES string of the molecule is CNC(=O)C1CCCN1c1ccc(CN)nc1. The van der Waals surface area contributed by atoms with Gasteiger partial charge in [0, 0.05) is 20.1 Å². The molecule has 92 valence electrons. The van der Waals surface area contributed by atoms with Gasteiger partial charge < -0.3 is 16.0 Å². The van der Waals surface area contributed by atoms with Crippen molar-refractivity contribution in [3.05, 3.63) is 24.0 Å². The molecular formula is C12H18N4O. The van der Waals surface area contributed by atoms with Gasteiger partial charge in [-0.1, -0.05) is 0 Å². The molecule has 1 amide bonds. The van der Waals surface area contributed by atoms with Gasteiger partial charge in [0.05, 0.1) is 17.6 Å². The molecule has 2 heterocycles. The maximum Gasteiger partial charge on any atom is 0.242 e. The lowest BCUT2D eigenvalue weighted by atomic mass is 10.2. The number of likely N-dealkylation sites (N-methyl/N-ethyl adjacent to an activating group) is 1. The third kappa shape index (κ3) is 2.39. The van der Waals surface area contributed by atoms with Crippen molar-refractivity contribution in [1.82, 2.24) is 10.3 Å². The van der Waals surface area contributed by atoms with Crippen LogP contribution in [0.15, 0.2) is 18.3 Å². The van der Waals surface area contributed by atoms with Gasteiger partial charge in [-0.3, -0.25) is 9.78 Å². The van der Waals surface area contributed by atoms with E-state index < -0.39 is 0 Å². The molecule has 5 heteroatoms. The number of aromatic nitrogens is 1. The van der Waals surface area contributed by atoms with Crippen LogP contribution in [0, 0.1) is 0 Å². The van der Waals surface area contributed by atoms with Gasteiger partial charge in [0.1, 0.15) is 6.04 Å². The van der Waals surface area contributed by atoms with Gasteiger partial charge >= 0.3 is 0 Å². The fourth-order valence-electron chi connectivity index (χ4n) is 2.22. The molecule has 0 aliphatic carbocycles. The van der Waals surface area contributed by atoms with E-state index in [0.29, 0.717) is 6.54 Å². The van der Waals surface area contributed by atoms with Crippen molar-refractivity contribution in [2.75, 3.05) is 18.5 Å². The van der Waals surface area contributed by atoms with Crippen LogP contribution in [-0.2, 0) is 11.3 Å². The van der Waals surface area contributed by atoms with Crippen LogP contribution in [0.5, 0.6) is 0 Å². The summed E-state index contributed by atoms with van der Waals surface area (Å²) in [7, 11) is 1.68. The molecule has 1 saturated heterocycles. The lowest BCUT2D eigenvalue weighted by Gasteiger charge is -2.25. The standard InChI is InChI=1S/C12H18N4O/c1-14-12(17)11-3-2-6-16(11)10-5-4-9(7-13)15-8-10/h4-5,8,11H,2-3,6-7,13H2,1H3,(H,14,17). The van der Waals surface area contributed by atoms with E-state index in [4.69, 9.17) is 5.73 Å². The van der Waals surface area contributed by atoms with E-state index in [0.717, 1.165) is 30.8 Å². The van der Waals surface area contributed by atoms with Crippen LogP contribution in [0.3, 0.4) is 0 Å².